The molecule has 4 heteroatoms. The maximum atomic E-state index is 12.6. The van der Waals surface area contributed by atoms with Gasteiger partial charge in [-0.05, 0) is 42.8 Å². The number of nitrogens with zero attached hydrogens (tertiary/aromatic N) is 1. The first-order chi connectivity index (χ1) is 11.2. The summed E-state index contributed by atoms with van der Waals surface area (Å²) in [6.07, 6.45) is 3.27. The molecule has 0 radical (unpaired) electrons. The van der Waals surface area contributed by atoms with Gasteiger partial charge in [0.25, 0.3) is 5.91 Å². The number of hydrogen-bond donors (Lipinski definition) is 0. The molecular weight excluding hydrogens is 290 g/mol. The first-order valence-electron chi connectivity index (χ1n) is 7.99. The number of amides is 1. The molecule has 0 atom stereocenters. The molecule has 0 unspecified atom stereocenters. The van der Waals surface area contributed by atoms with Crippen molar-refractivity contribution in [1.29, 1.82) is 0 Å². The average molecular weight is 307 g/mol. The van der Waals surface area contributed by atoms with Crippen molar-refractivity contribution in [2.24, 2.45) is 0 Å². The minimum Gasteiger partial charge on any atom is -0.422 e. The maximum Gasteiger partial charge on any atom is 0.344 e. The average Bonchev–Trinajstić information content (AvgIpc) is 2.62. The minimum absolute atomic E-state index is 0.000779. The molecule has 4 rings (SSSR count). The van der Waals surface area contributed by atoms with Gasteiger partial charge in [-0.15, -0.1) is 0 Å². The van der Waals surface area contributed by atoms with E-state index in [0.717, 1.165) is 36.7 Å². The van der Waals surface area contributed by atoms with E-state index >= 15 is 0 Å². The Morgan fingerprint density at radius 2 is 1.70 bits per heavy atom. The molecule has 1 aliphatic rings. The number of piperidine rings is 1. The number of likely N-dealkylation sites (tertiary alicyclic amines) is 1. The van der Waals surface area contributed by atoms with Crippen LogP contribution in [0.2, 0.25) is 0 Å². The summed E-state index contributed by atoms with van der Waals surface area (Å²) >= 11 is 0. The minimum atomic E-state index is -0.396. The van der Waals surface area contributed by atoms with Crippen LogP contribution in [0.25, 0.3) is 21.7 Å². The van der Waals surface area contributed by atoms with Gasteiger partial charge in [-0.25, -0.2) is 4.79 Å². The maximum absolute atomic E-state index is 12.6. The van der Waals surface area contributed by atoms with E-state index < -0.39 is 5.63 Å². The Kier molecular flexibility index (Phi) is 3.37. The largest absolute Gasteiger partial charge is 0.422 e. The lowest BCUT2D eigenvalue weighted by Crippen LogP contribution is -2.35. The molecule has 0 bridgehead atoms. The quantitative estimate of drug-likeness (QED) is 0.510. The highest BCUT2D eigenvalue weighted by Gasteiger charge is 2.19. The molecule has 2 heterocycles. The van der Waals surface area contributed by atoms with Gasteiger partial charge in [0.2, 0.25) is 0 Å². The highest BCUT2D eigenvalue weighted by molar-refractivity contribution is 6.07. The van der Waals surface area contributed by atoms with Gasteiger partial charge in [0.05, 0.1) is 5.39 Å². The Labute approximate surface area is 133 Å². The monoisotopic (exact) mass is 307 g/mol. The summed E-state index contributed by atoms with van der Waals surface area (Å²) in [6.45, 7) is 1.59. The van der Waals surface area contributed by atoms with Gasteiger partial charge in [-0.1, -0.05) is 24.3 Å². The molecule has 1 aromatic heterocycles. The number of fused-ring (bicyclic) bond motifs is 3. The van der Waals surface area contributed by atoms with Gasteiger partial charge in [-0.2, -0.15) is 0 Å². The van der Waals surface area contributed by atoms with Gasteiger partial charge in [0.1, 0.15) is 5.58 Å². The molecule has 1 fully saturated rings. The fourth-order valence-corrected chi connectivity index (χ4v) is 3.29. The van der Waals surface area contributed by atoms with Crippen molar-refractivity contribution < 1.29 is 9.21 Å². The van der Waals surface area contributed by atoms with Crippen molar-refractivity contribution in [3.8, 4) is 0 Å². The van der Waals surface area contributed by atoms with Gasteiger partial charge >= 0.3 is 5.63 Å². The summed E-state index contributed by atoms with van der Waals surface area (Å²) in [4.78, 5) is 26.7. The zero-order chi connectivity index (χ0) is 15.8. The van der Waals surface area contributed by atoms with Crippen LogP contribution in [0, 0.1) is 0 Å². The zero-order valence-electron chi connectivity index (χ0n) is 12.7. The second-order valence-corrected chi connectivity index (χ2v) is 6.00. The molecule has 23 heavy (non-hydrogen) atoms. The van der Waals surface area contributed by atoms with Crippen LogP contribution >= 0.6 is 0 Å². The molecule has 0 saturated carbocycles. The van der Waals surface area contributed by atoms with E-state index in [4.69, 9.17) is 4.42 Å². The van der Waals surface area contributed by atoms with Gasteiger partial charge in [0.15, 0.2) is 0 Å². The third kappa shape index (κ3) is 2.40. The Bertz CT molecular complexity index is 952. The number of carbonyl (C=O) groups is 1. The van der Waals surface area contributed by atoms with Crippen LogP contribution in [0.15, 0.2) is 51.7 Å². The standard InChI is InChI=1S/C19H17NO3/c21-18(20-10-4-1-5-11-20)13-8-9-14-15-6-2-3-7-17(15)23-19(22)16(14)12-13/h2-3,6-9,12H,1,4-5,10-11H2. The predicted molar refractivity (Wildman–Crippen MR) is 89.7 cm³/mol. The summed E-state index contributed by atoms with van der Waals surface area (Å²) in [5.74, 6) is -0.000779. The second kappa shape index (κ2) is 5.54. The van der Waals surface area contributed by atoms with Crippen molar-refractivity contribution in [2.75, 3.05) is 13.1 Å². The van der Waals surface area contributed by atoms with E-state index in [2.05, 4.69) is 0 Å². The SMILES string of the molecule is O=C(c1ccc2c(c1)c(=O)oc1ccccc12)N1CCCCC1. The molecule has 116 valence electrons. The predicted octanol–water partition coefficient (Wildman–Crippen LogP) is 3.57. The van der Waals surface area contributed by atoms with Crippen LogP contribution in [-0.2, 0) is 0 Å². The van der Waals surface area contributed by atoms with E-state index in [1.807, 2.05) is 35.2 Å². The zero-order valence-corrected chi connectivity index (χ0v) is 12.7. The molecule has 0 aliphatic carbocycles. The third-order valence-corrected chi connectivity index (χ3v) is 4.51. The van der Waals surface area contributed by atoms with Crippen LogP contribution in [0.5, 0.6) is 0 Å². The van der Waals surface area contributed by atoms with Crippen LogP contribution in [0.4, 0.5) is 0 Å². The van der Waals surface area contributed by atoms with E-state index in [0.29, 0.717) is 16.5 Å². The molecule has 0 spiro atoms. The van der Waals surface area contributed by atoms with E-state index in [9.17, 15) is 9.59 Å². The fraction of sp³-hybridized carbons (Fsp3) is 0.263. The first kappa shape index (κ1) is 14.0. The summed E-state index contributed by atoms with van der Waals surface area (Å²) in [7, 11) is 0. The molecular formula is C19H17NO3. The van der Waals surface area contributed by atoms with E-state index in [1.165, 1.54) is 6.42 Å². The van der Waals surface area contributed by atoms with Crippen molar-refractivity contribution in [2.45, 2.75) is 19.3 Å². The Morgan fingerprint density at radius 3 is 2.52 bits per heavy atom. The van der Waals surface area contributed by atoms with Crippen molar-refractivity contribution >= 4 is 27.6 Å². The fourth-order valence-electron chi connectivity index (χ4n) is 3.29. The summed E-state index contributed by atoms with van der Waals surface area (Å²) < 4.78 is 5.37. The highest BCUT2D eigenvalue weighted by atomic mass is 16.4. The van der Waals surface area contributed by atoms with Crippen LogP contribution in [0.3, 0.4) is 0 Å². The summed E-state index contributed by atoms with van der Waals surface area (Å²) in [5.41, 5.74) is 0.731. The summed E-state index contributed by atoms with van der Waals surface area (Å²) in [6, 6.07) is 12.8. The normalized spacial score (nSPS) is 15.2. The van der Waals surface area contributed by atoms with Gasteiger partial charge < -0.3 is 9.32 Å². The number of carbonyl (C=O) groups excluding carboxylic acids is 1. The van der Waals surface area contributed by atoms with Gasteiger partial charge in [0, 0.05) is 24.0 Å². The van der Waals surface area contributed by atoms with E-state index in [-0.39, 0.29) is 5.91 Å². The van der Waals surface area contributed by atoms with Crippen molar-refractivity contribution in [1.82, 2.24) is 4.90 Å². The van der Waals surface area contributed by atoms with E-state index in [1.54, 1.807) is 12.1 Å². The van der Waals surface area contributed by atoms with Crippen molar-refractivity contribution in [3.63, 3.8) is 0 Å². The lowest BCUT2D eigenvalue weighted by Gasteiger charge is -2.26. The lowest BCUT2D eigenvalue weighted by molar-refractivity contribution is 0.0724. The number of benzene rings is 2. The Morgan fingerprint density at radius 1 is 0.913 bits per heavy atom. The van der Waals surface area contributed by atoms with Crippen LogP contribution < -0.4 is 5.63 Å². The molecule has 1 amide bonds. The molecule has 0 N–H and O–H groups in total. The summed E-state index contributed by atoms with van der Waals surface area (Å²) in [5, 5.41) is 2.18. The first-order valence-corrected chi connectivity index (χ1v) is 7.99. The molecule has 1 aliphatic heterocycles. The lowest BCUT2D eigenvalue weighted by atomic mass is 10.0. The Hall–Kier alpha value is -2.62. The third-order valence-electron chi connectivity index (χ3n) is 4.51. The highest BCUT2D eigenvalue weighted by Crippen LogP contribution is 2.24. The Balaban J connectivity index is 1.84. The van der Waals surface area contributed by atoms with Crippen LogP contribution in [0.1, 0.15) is 29.6 Å². The number of hydrogen-bond acceptors (Lipinski definition) is 3. The van der Waals surface area contributed by atoms with Gasteiger partial charge in [-0.3, -0.25) is 4.79 Å². The topological polar surface area (TPSA) is 50.5 Å². The van der Waals surface area contributed by atoms with Crippen LogP contribution in [-0.4, -0.2) is 23.9 Å². The number of rotatable bonds is 1. The number of para-hydroxylation sites is 1. The van der Waals surface area contributed by atoms with Crippen molar-refractivity contribution in [3.05, 3.63) is 58.4 Å². The molecule has 4 nitrogen and oxygen atoms in total. The smallest absolute Gasteiger partial charge is 0.344 e. The molecule has 2 aromatic carbocycles. The molecule has 1 saturated heterocycles. The molecule has 3 aromatic rings. The second-order valence-electron chi connectivity index (χ2n) is 6.00.